The second-order valence-electron chi connectivity index (χ2n) is 6.94. The second kappa shape index (κ2) is 6.45. The summed E-state index contributed by atoms with van der Waals surface area (Å²) < 4.78 is 1.50. The van der Waals surface area contributed by atoms with E-state index in [-0.39, 0.29) is 5.91 Å². The van der Waals surface area contributed by atoms with Gasteiger partial charge in [-0.2, -0.15) is 9.50 Å². The third-order valence-corrected chi connectivity index (χ3v) is 4.58. The van der Waals surface area contributed by atoms with Gasteiger partial charge >= 0.3 is 0 Å². The minimum absolute atomic E-state index is 0.0607. The van der Waals surface area contributed by atoms with Crippen molar-refractivity contribution in [3.63, 3.8) is 0 Å². The van der Waals surface area contributed by atoms with Crippen molar-refractivity contribution < 1.29 is 4.79 Å². The molecule has 140 valence electrons. The van der Waals surface area contributed by atoms with Crippen molar-refractivity contribution >= 4 is 23.3 Å². The minimum atomic E-state index is -0.0607. The van der Waals surface area contributed by atoms with E-state index in [0.717, 1.165) is 23.5 Å². The minimum Gasteiger partial charge on any atom is -0.362 e. The lowest BCUT2D eigenvalue weighted by molar-refractivity contribution is 0.0731. The number of anilines is 2. The number of amides is 1. The first-order valence-corrected chi connectivity index (χ1v) is 8.65. The molecule has 1 amide bonds. The van der Waals surface area contributed by atoms with Gasteiger partial charge in [-0.05, 0) is 29.0 Å². The summed E-state index contributed by atoms with van der Waals surface area (Å²) in [5.74, 6) is 1.49. The molecule has 1 aliphatic heterocycles. The Bertz CT molecular complexity index is 1010. The molecule has 4 rings (SSSR count). The molecule has 0 saturated carbocycles. The van der Waals surface area contributed by atoms with Crippen molar-refractivity contribution in [1.82, 2.24) is 34.9 Å². The predicted octanol–water partition coefficient (Wildman–Crippen LogP) is 0.245. The summed E-state index contributed by atoms with van der Waals surface area (Å²) >= 11 is 0. The van der Waals surface area contributed by atoms with Gasteiger partial charge < -0.3 is 14.7 Å². The standard InChI is InChI=1S/C17H21N9O/c1-23(2)15-12-7-8-25(10-13(12)18-17(19-15)24(3)4)16(27)11-5-6-14-20-21-22-26(14)9-11/h5-6,9H,7-8,10H2,1-4H3. The molecule has 10 nitrogen and oxygen atoms in total. The van der Waals surface area contributed by atoms with Crippen molar-refractivity contribution in [1.29, 1.82) is 0 Å². The third-order valence-electron chi connectivity index (χ3n) is 4.58. The van der Waals surface area contributed by atoms with E-state index in [4.69, 9.17) is 0 Å². The number of pyridine rings is 1. The summed E-state index contributed by atoms with van der Waals surface area (Å²) in [6.07, 6.45) is 2.37. The molecule has 4 heterocycles. The van der Waals surface area contributed by atoms with Crippen molar-refractivity contribution in [2.75, 3.05) is 44.5 Å². The Labute approximate surface area is 156 Å². The van der Waals surface area contributed by atoms with Crippen LogP contribution < -0.4 is 9.80 Å². The Morgan fingerprint density at radius 3 is 2.67 bits per heavy atom. The monoisotopic (exact) mass is 367 g/mol. The molecule has 0 N–H and O–H groups in total. The smallest absolute Gasteiger partial charge is 0.255 e. The summed E-state index contributed by atoms with van der Waals surface area (Å²) in [6, 6.07) is 3.49. The number of nitrogens with zero attached hydrogens (tertiary/aromatic N) is 9. The lowest BCUT2D eigenvalue weighted by Gasteiger charge is -2.31. The fourth-order valence-corrected chi connectivity index (χ4v) is 3.19. The Hall–Kier alpha value is -3.30. The molecule has 0 unspecified atom stereocenters. The Morgan fingerprint density at radius 2 is 1.93 bits per heavy atom. The first-order valence-electron chi connectivity index (χ1n) is 8.65. The van der Waals surface area contributed by atoms with E-state index in [9.17, 15) is 4.79 Å². The quantitative estimate of drug-likeness (QED) is 0.650. The molecule has 0 saturated heterocycles. The summed E-state index contributed by atoms with van der Waals surface area (Å²) in [5.41, 5.74) is 3.15. The van der Waals surface area contributed by atoms with Gasteiger partial charge in [0, 0.05) is 46.5 Å². The van der Waals surface area contributed by atoms with E-state index in [1.165, 1.54) is 4.52 Å². The van der Waals surface area contributed by atoms with Gasteiger partial charge in [-0.15, -0.1) is 5.10 Å². The van der Waals surface area contributed by atoms with Crippen molar-refractivity contribution in [3.05, 3.63) is 35.2 Å². The molecule has 10 heteroatoms. The van der Waals surface area contributed by atoms with E-state index < -0.39 is 0 Å². The highest BCUT2D eigenvalue weighted by atomic mass is 16.2. The zero-order valence-electron chi connectivity index (χ0n) is 15.8. The molecule has 0 aromatic carbocycles. The topological polar surface area (TPSA) is 95.7 Å². The van der Waals surface area contributed by atoms with Gasteiger partial charge in [0.15, 0.2) is 5.65 Å². The molecule has 0 bridgehead atoms. The van der Waals surface area contributed by atoms with Gasteiger partial charge in [-0.3, -0.25) is 4.79 Å². The number of tetrazole rings is 1. The van der Waals surface area contributed by atoms with E-state index in [1.54, 1.807) is 23.2 Å². The Morgan fingerprint density at radius 1 is 1.11 bits per heavy atom. The second-order valence-corrected chi connectivity index (χ2v) is 6.94. The van der Waals surface area contributed by atoms with Gasteiger partial charge in [0.2, 0.25) is 5.95 Å². The summed E-state index contributed by atoms with van der Waals surface area (Å²) in [5, 5.41) is 11.3. The van der Waals surface area contributed by atoms with Crippen molar-refractivity contribution in [2.45, 2.75) is 13.0 Å². The molecular formula is C17H21N9O. The number of hydrogen-bond donors (Lipinski definition) is 0. The van der Waals surface area contributed by atoms with Gasteiger partial charge in [0.25, 0.3) is 5.91 Å². The molecule has 0 atom stereocenters. The van der Waals surface area contributed by atoms with Gasteiger partial charge in [0.1, 0.15) is 5.82 Å². The lowest BCUT2D eigenvalue weighted by atomic mass is 10.0. The van der Waals surface area contributed by atoms with Crippen molar-refractivity contribution in [2.24, 2.45) is 0 Å². The fourth-order valence-electron chi connectivity index (χ4n) is 3.19. The average molecular weight is 367 g/mol. The predicted molar refractivity (Wildman–Crippen MR) is 99.9 cm³/mol. The van der Waals surface area contributed by atoms with Crippen LogP contribution in [0.25, 0.3) is 5.65 Å². The normalized spacial score (nSPS) is 13.6. The highest BCUT2D eigenvalue weighted by Crippen LogP contribution is 2.28. The van der Waals surface area contributed by atoms with Crippen LogP contribution in [-0.2, 0) is 13.0 Å². The van der Waals surface area contributed by atoms with Crippen LogP contribution in [0.2, 0.25) is 0 Å². The van der Waals surface area contributed by atoms with Crippen LogP contribution in [0.1, 0.15) is 21.6 Å². The number of fused-ring (bicyclic) bond motifs is 2. The largest absolute Gasteiger partial charge is 0.362 e. The molecule has 1 aliphatic rings. The molecular weight excluding hydrogens is 346 g/mol. The van der Waals surface area contributed by atoms with E-state index in [1.807, 2.05) is 38.0 Å². The molecule has 0 fully saturated rings. The maximum Gasteiger partial charge on any atom is 0.255 e. The first-order chi connectivity index (χ1) is 12.9. The molecule has 3 aromatic heterocycles. The van der Waals surface area contributed by atoms with Crippen molar-refractivity contribution in [3.8, 4) is 0 Å². The SMILES string of the molecule is CN(C)c1nc2c(c(N(C)C)n1)CCN(C(=O)c1ccc3nnnn3c1)C2. The molecule has 0 spiro atoms. The lowest BCUT2D eigenvalue weighted by Crippen LogP contribution is -2.38. The van der Waals surface area contributed by atoms with E-state index >= 15 is 0 Å². The first kappa shape index (κ1) is 17.1. The number of rotatable bonds is 3. The Kier molecular flexibility index (Phi) is 4.09. The van der Waals surface area contributed by atoms with Crippen LogP contribution in [0.15, 0.2) is 18.3 Å². The van der Waals surface area contributed by atoms with Crippen LogP contribution >= 0.6 is 0 Å². The molecule has 0 aliphatic carbocycles. The van der Waals surface area contributed by atoms with Crippen LogP contribution in [0.3, 0.4) is 0 Å². The summed E-state index contributed by atoms with van der Waals surface area (Å²) in [6.45, 7) is 1.07. The maximum atomic E-state index is 13.0. The summed E-state index contributed by atoms with van der Waals surface area (Å²) in [7, 11) is 7.77. The highest BCUT2D eigenvalue weighted by molar-refractivity contribution is 5.94. The van der Waals surface area contributed by atoms with Crippen LogP contribution in [0, 0.1) is 0 Å². The van der Waals surface area contributed by atoms with E-state index in [0.29, 0.717) is 30.2 Å². The van der Waals surface area contributed by atoms with Crippen LogP contribution in [0.5, 0.6) is 0 Å². The number of hydrogen-bond acceptors (Lipinski definition) is 8. The molecule has 27 heavy (non-hydrogen) atoms. The Balaban J connectivity index is 1.66. The third kappa shape index (κ3) is 3.03. The van der Waals surface area contributed by atoms with Crippen LogP contribution in [0.4, 0.5) is 11.8 Å². The zero-order chi connectivity index (χ0) is 19.1. The van der Waals surface area contributed by atoms with E-state index in [2.05, 4.69) is 25.5 Å². The van der Waals surface area contributed by atoms with Gasteiger partial charge in [-0.25, -0.2) is 4.98 Å². The van der Waals surface area contributed by atoms with Crippen LogP contribution in [-0.4, -0.2) is 75.6 Å². The maximum absolute atomic E-state index is 13.0. The van der Waals surface area contributed by atoms with Gasteiger partial charge in [0.05, 0.1) is 17.8 Å². The number of carbonyl (C=O) groups excluding carboxylic acids is 1. The number of aromatic nitrogens is 6. The van der Waals surface area contributed by atoms with Gasteiger partial charge in [-0.1, -0.05) is 0 Å². The average Bonchev–Trinajstić information content (AvgIpc) is 3.13. The molecule has 3 aromatic rings. The number of carbonyl (C=O) groups is 1. The fraction of sp³-hybridized carbons (Fsp3) is 0.412. The molecule has 0 radical (unpaired) electrons. The highest BCUT2D eigenvalue weighted by Gasteiger charge is 2.27. The zero-order valence-corrected chi connectivity index (χ0v) is 15.8. The summed E-state index contributed by atoms with van der Waals surface area (Å²) in [4.78, 5) is 28.0.